The van der Waals surface area contributed by atoms with Crippen LogP contribution < -0.4 is 10.2 Å². The van der Waals surface area contributed by atoms with Gasteiger partial charge in [0.1, 0.15) is 5.75 Å². The third-order valence-corrected chi connectivity index (χ3v) is 5.50. The summed E-state index contributed by atoms with van der Waals surface area (Å²) >= 11 is 9.59. The van der Waals surface area contributed by atoms with Crippen LogP contribution in [0.15, 0.2) is 58.1 Å². The van der Waals surface area contributed by atoms with Crippen molar-refractivity contribution in [3.8, 4) is 11.5 Å². The van der Waals surface area contributed by atoms with Crippen LogP contribution >= 0.6 is 27.5 Å². The minimum Gasteiger partial charge on any atom is -0.455 e. The summed E-state index contributed by atoms with van der Waals surface area (Å²) in [7, 11) is 0. The number of aromatic nitrogens is 2. The molecule has 3 aromatic rings. The molecule has 0 fully saturated rings. The van der Waals surface area contributed by atoms with Crippen LogP contribution in [0.4, 0.5) is 0 Å². The Kier molecular flexibility index (Phi) is 6.32. The molecule has 6 nitrogen and oxygen atoms in total. The molecule has 0 saturated carbocycles. The van der Waals surface area contributed by atoms with Gasteiger partial charge in [0, 0.05) is 9.50 Å². The third-order valence-electron chi connectivity index (χ3n) is 4.77. The summed E-state index contributed by atoms with van der Waals surface area (Å²) in [6, 6.07) is 13.4. The highest BCUT2D eigenvalue weighted by Gasteiger charge is 2.23. The number of benzene rings is 2. The van der Waals surface area contributed by atoms with Crippen molar-refractivity contribution in [2.45, 2.75) is 26.3 Å². The van der Waals surface area contributed by atoms with Crippen molar-refractivity contribution in [2.75, 3.05) is 6.61 Å². The minimum atomic E-state index is -0.0345. The lowest BCUT2D eigenvalue weighted by Gasteiger charge is -2.24. The standard InChI is InChI=1S/C22H20BrClN4O2/c1-13-8-16(23)7-6-15(13)9-18-12-29-28-22(26-18)21-14(2)27-25-11-20(21)30-19-5-3-4-17(24)10-19/h3-8,10-11,18H,9,12H2,1-2H3,(H,26,28)/t18-/m1/s1. The van der Waals surface area contributed by atoms with Crippen molar-refractivity contribution in [3.05, 3.63) is 80.5 Å². The first kappa shape index (κ1) is 20.8. The van der Waals surface area contributed by atoms with Gasteiger partial charge in [-0.25, -0.2) is 5.48 Å². The average Bonchev–Trinajstić information content (AvgIpc) is 2.71. The molecule has 0 saturated heterocycles. The number of hydrogen-bond acceptors (Lipinski definition) is 6. The Morgan fingerprint density at radius 2 is 2.10 bits per heavy atom. The van der Waals surface area contributed by atoms with E-state index in [-0.39, 0.29) is 6.04 Å². The van der Waals surface area contributed by atoms with E-state index in [2.05, 4.69) is 50.7 Å². The van der Waals surface area contributed by atoms with Gasteiger partial charge in [-0.3, -0.25) is 9.83 Å². The number of amidine groups is 1. The summed E-state index contributed by atoms with van der Waals surface area (Å²) in [6.45, 7) is 4.43. The van der Waals surface area contributed by atoms with E-state index in [0.717, 1.165) is 10.9 Å². The van der Waals surface area contributed by atoms with E-state index >= 15 is 0 Å². The molecule has 1 N–H and O–H groups in total. The van der Waals surface area contributed by atoms with E-state index in [1.54, 1.807) is 18.3 Å². The number of hydrogen-bond donors (Lipinski definition) is 1. The molecule has 1 aliphatic heterocycles. The number of halogens is 2. The Labute approximate surface area is 188 Å². The maximum Gasteiger partial charge on any atom is 0.160 e. The number of nitrogens with one attached hydrogen (secondary N) is 1. The highest BCUT2D eigenvalue weighted by molar-refractivity contribution is 9.10. The zero-order chi connectivity index (χ0) is 21.1. The van der Waals surface area contributed by atoms with Gasteiger partial charge in [0.25, 0.3) is 0 Å². The number of hydroxylamine groups is 1. The van der Waals surface area contributed by atoms with Crippen molar-refractivity contribution in [3.63, 3.8) is 0 Å². The fourth-order valence-electron chi connectivity index (χ4n) is 3.30. The van der Waals surface area contributed by atoms with Crippen LogP contribution in [0, 0.1) is 13.8 Å². The summed E-state index contributed by atoms with van der Waals surface area (Å²) in [5.41, 5.74) is 6.76. The summed E-state index contributed by atoms with van der Waals surface area (Å²) in [6.07, 6.45) is 2.34. The monoisotopic (exact) mass is 486 g/mol. The van der Waals surface area contributed by atoms with Crippen molar-refractivity contribution in [1.82, 2.24) is 15.7 Å². The summed E-state index contributed by atoms with van der Waals surface area (Å²) in [4.78, 5) is 10.5. The molecule has 2 aromatic carbocycles. The lowest BCUT2D eigenvalue weighted by atomic mass is 10.0. The normalized spacial score (nSPS) is 16.0. The Hall–Kier alpha value is -2.48. The molecule has 1 atom stereocenters. The smallest absolute Gasteiger partial charge is 0.160 e. The van der Waals surface area contributed by atoms with Gasteiger partial charge in [0.2, 0.25) is 0 Å². The second-order valence-electron chi connectivity index (χ2n) is 7.05. The predicted molar refractivity (Wildman–Crippen MR) is 120 cm³/mol. The molecular formula is C22H20BrClN4O2. The second kappa shape index (κ2) is 9.12. The molecule has 8 heteroatoms. The first-order valence-electron chi connectivity index (χ1n) is 9.46. The van der Waals surface area contributed by atoms with Crippen molar-refractivity contribution in [1.29, 1.82) is 0 Å². The van der Waals surface area contributed by atoms with Crippen molar-refractivity contribution < 1.29 is 9.57 Å². The van der Waals surface area contributed by atoms with Gasteiger partial charge in [0.05, 0.1) is 30.1 Å². The average molecular weight is 488 g/mol. The maximum atomic E-state index is 6.08. The lowest BCUT2D eigenvalue weighted by Crippen LogP contribution is -2.37. The van der Waals surface area contributed by atoms with Crippen LogP contribution in [-0.4, -0.2) is 28.7 Å². The van der Waals surface area contributed by atoms with Crippen LogP contribution in [-0.2, 0) is 11.3 Å². The molecule has 154 valence electrons. The molecule has 1 aliphatic rings. The van der Waals surface area contributed by atoms with E-state index in [1.807, 2.05) is 25.1 Å². The van der Waals surface area contributed by atoms with Gasteiger partial charge in [-0.2, -0.15) is 10.2 Å². The summed E-state index contributed by atoms with van der Waals surface area (Å²) in [5, 5.41) is 8.79. The van der Waals surface area contributed by atoms with E-state index < -0.39 is 0 Å². The first-order chi connectivity index (χ1) is 14.5. The highest BCUT2D eigenvalue weighted by atomic mass is 79.9. The molecule has 0 unspecified atom stereocenters. The molecular weight excluding hydrogens is 468 g/mol. The number of aryl methyl sites for hydroxylation is 2. The summed E-state index contributed by atoms with van der Waals surface area (Å²) in [5.74, 6) is 1.71. The predicted octanol–water partition coefficient (Wildman–Crippen LogP) is 5.19. The fraction of sp³-hybridized carbons (Fsp3) is 0.227. The van der Waals surface area contributed by atoms with E-state index in [0.29, 0.717) is 40.2 Å². The van der Waals surface area contributed by atoms with Crippen molar-refractivity contribution >= 4 is 33.4 Å². The number of nitrogens with zero attached hydrogens (tertiary/aromatic N) is 3. The number of rotatable bonds is 5. The Morgan fingerprint density at radius 1 is 1.23 bits per heavy atom. The minimum absolute atomic E-state index is 0.0345. The molecule has 0 spiro atoms. The van der Waals surface area contributed by atoms with Gasteiger partial charge in [0.15, 0.2) is 11.6 Å². The zero-order valence-electron chi connectivity index (χ0n) is 16.5. The van der Waals surface area contributed by atoms with Crippen molar-refractivity contribution in [2.24, 2.45) is 4.99 Å². The van der Waals surface area contributed by atoms with Gasteiger partial charge in [-0.1, -0.05) is 39.7 Å². The number of aliphatic imine (C=N–C) groups is 1. The maximum absolute atomic E-state index is 6.08. The fourth-order valence-corrected chi connectivity index (χ4v) is 3.95. The van der Waals surface area contributed by atoms with Gasteiger partial charge in [-0.05, 0) is 61.7 Å². The molecule has 30 heavy (non-hydrogen) atoms. The van der Waals surface area contributed by atoms with Gasteiger partial charge < -0.3 is 4.74 Å². The van der Waals surface area contributed by atoms with Crippen LogP contribution in [0.3, 0.4) is 0 Å². The van der Waals surface area contributed by atoms with E-state index in [9.17, 15) is 0 Å². The molecule has 0 aliphatic carbocycles. The lowest BCUT2D eigenvalue weighted by molar-refractivity contribution is 0.0622. The highest BCUT2D eigenvalue weighted by Crippen LogP contribution is 2.29. The van der Waals surface area contributed by atoms with Crippen LogP contribution in [0.25, 0.3) is 0 Å². The van der Waals surface area contributed by atoms with Gasteiger partial charge >= 0.3 is 0 Å². The first-order valence-corrected chi connectivity index (χ1v) is 10.6. The second-order valence-corrected chi connectivity index (χ2v) is 8.40. The summed E-state index contributed by atoms with van der Waals surface area (Å²) < 4.78 is 7.11. The van der Waals surface area contributed by atoms with Gasteiger partial charge in [-0.15, -0.1) is 0 Å². The largest absolute Gasteiger partial charge is 0.455 e. The molecule has 0 radical (unpaired) electrons. The molecule has 2 heterocycles. The topological polar surface area (TPSA) is 68.6 Å². The quantitative estimate of drug-likeness (QED) is 0.536. The van der Waals surface area contributed by atoms with Crippen LogP contribution in [0.1, 0.15) is 22.4 Å². The van der Waals surface area contributed by atoms with Crippen LogP contribution in [0.5, 0.6) is 11.5 Å². The molecule has 0 bridgehead atoms. The molecule has 1 aromatic heterocycles. The molecule has 4 rings (SSSR count). The van der Waals surface area contributed by atoms with Crippen LogP contribution in [0.2, 0.25) is 5.02 Å². The number of ether oxygens (including phenoxy) is 1. The van der Waals surface area contributed by atoms with E-state index in [4.69, 9.17) is 26.2 Å². The van der Waals surface area contributed by atoms with E-state index in [1.165, 1.54) is 11.1 Å². The Bertz CT molecular complexity index is 1110. The Morgan fingerprint density at radius 3 is 2.90 bits per heavy atom. The SMILES string of the molecule is Cc1cc(Br)ccc1C[C@@H]1CONC(c2c(Oc3cccc(Cl)c3)cnnc2C)=N1. The zero-order valence-corrected chi connectivity index (χ0v) is 18.9. The Balaban J connectivity index is 1.64. The molecule has 0 amide bonds. The third kappa shape index (κ3) is 4.80.